The summed E-state index contributed by atoms with van der Waals surface area (Å²) in [6.45, 7) is 6.01. The van der Waals surface area contributed by atoms with Crippen molar-refractivity contribution in [1.29, 1.82) is 0 Å². The molecule has 10 heteroatoms. The fourth-order valence-corrected chi connectivity index (χ4v) is 4.41. The van der Waals surface area contributed by atoms with Gasteiger partial charge in [0.05, 0.1) is 12.2 Å². The van der Waals surface area contributed by atoms with Gasteiger partial charge in [-0.1, -0.05) is 16.5 Å². The lowest BCUT2D eigenvalue weighted by molar-refractivity contribution is 0.101. The Hall–Kier alpha value is -2.43. The van der Waals surface area contributed by atoms with Crippen LogP contribution >= 0.6 is 22.7 Å². The van der Waals surface area contributed by atoms with E-state index in [1.54, 1.807) is 6.92 Å². The first kappa shape index (κ1) is 18.0. The lowest BCUT2D eigenvalue weighted by Crippen LogP contribution is -2.22. The minimum atomic E-state index is -1.24. The lowest BCUT2D eigenvalue weighted by atomic mass is 10.1. The summed E-state index contributed by atoms with van der Waals surface area (Å²) in [4.78, 5) is 4.38. The molecule has 4 rings (SSSR count). The van der Waals surface area contributed by atoms with Gasteiger partial charge in [-0.25, -0.2) is 4.98 Å². The molecule has 4 aromatic rings. The first-order chi connectivity index (χ1) is 12.9. The highest BCUT2D eigenvalue weighted by Gasteiger charge is 2.33. The summed E-state index contributed by atoms with van der Waals surface area (Å²) < 4.78 is 6.88. The number of nitrogens with zero attached hydrogens (tertiary/aromatic N) is 6. The van der Waals surface area contributed by atoms with Crippen molar-refractivity contribution in [3.63, 3.8) is 0 Å². The van der Waals surface area contributed by atoms with Crippen LogP contribution in [0.15, 0.2) is 28.2 Å². The van der Waals surface area contributed by atoms with Gasteiger partial charge in [0.25, 0.3) is 0 Å². The molecule has 0 spiro atoms. The molecule has 0 aliphatic rings. The lowest BCUT2D eigenvalue weighted by Gasteiger charge is -2.16. The summed E-state index contributed by atoms with van der Waals surface area (Å²) in [7, 11) is 0. The molecule has 1 N–H and O–H groups in total. The maximum absolute atomic E-state index is 10.8. The van der Waals surface area contributed by atoms with Crippen molar-refractivity contribution in [2.75, 3.05) is 0 Å². The highest BCUT2D eigenvalue weighted by molar-refractivity contribution is 7.12. The van der Waals surface area contributed by atoms with E-state index in [-0.39, 0.29) is 0 Å². The van der Waals surface area contributed by atoms with Crippen LogP contribution in [0.3, 0.4) is 0 Å². The Balaban J connectivity index is 1.46. The van der Waals surface area contributed by atoms with Crippen LogP contribution < -0.4 is 0 Å². The minimum Gasteiger partial charge on any atom is -0.376 e. The molecule has 0 aliphatic carbocycles. The predicted octanol–water partition coefficient (Wildman–Crippen LogP) is 2.69. The standard InChI is InChI=1S/C17H18N6O2S2/c1-10-9-26-15(18-10)17(3,24)16-20-19-14(27-16)7-12-4-5-23(21-12)8-13-6-11(2)25-22-13/h4-6,9,24H,7-8H2,1-3H3. The van der Waals surface area contributed by atoms with Crippen molar-refractivity contribution in [3.8, 4) is 0 Å². The van der Waals surface area contributed by atoms with E-state index in [0.29, 0.717) is 23.0 Å². The second-order valence-electron chi connectivity index (χ2n) is 6.48. The van der Waals surface area contributed by atoms with Crippen molar-refractivity contribution in [2.45, 2.75) is 39.3 Å². The zero-order valence-electron chi connectivity index (χ0n) is 15.1. The van der Waals surface area contributed by atoms with E-state index in [1.165, 1.54) is 22.7 Å². The maximum atomic E-state index is 10.8. The Morgan fingerprint density at radius 3 is 2.78 bits per heavy atom. The Bertz CT molecular complexity index is 1060. The highest BCUT2D eigenvalue weighted by Crippen LogP contribution is 2.33. The van der Waals surface area contributed by atoms with Crippen LogP contribution in [-0.2, 0) is 18.6 Å². The number of thiazole rings is 1. The van der Waals surface area contributed by atoms with E-state index in [0.717, 1.165) is 27.8 Å². The second-order valence-corrected chi connectivity index (χ2v) is 8.40. The van der Waals surface area contributed by atoms with Gasteiger partial charge >= 0.3 is 0 Å². The largest absolute Gasteiger partial charge is 0.376 e. The number of aryl methyl sites for hydroxylation is 2. The van der Waals surface area contributed by atoms with Gasteiger partial charge in [0.1, 0.15) is 21.5 Å². The first-order valence-electron chi connectivity index (χ1n) is 8.32. The summed E-state index contributed by atoms with van der Waals surface area (Å²) in [5.74, 6) is 0.779. The Kier molecular flexibility index (Phi) is 4.62. The second kappa shape index (κ2) is 6.95. The maximum Gasteiger partial charge on any atom is 0.166 e. The zero-order valence-corrected chi connectivity index (χ0v) is 16.7. The molecule has 0 fully saturated rings. The van der Waals surface area contributed by atoms with Crippen LogP contribution in [0.4, 0.5) is 0 Å². The number of hydrogen-bond acceptors (Lipinski definition) is 9. The van der Waals surface area contributed by atoms with Crippen molar-refractivity contribution >= 4 is 22.7 Å². The quantitative estimate of drug-likeness (QED) is 0.529. The van der Waals surface area contributed by atoms with Crippen LogP contribution in [0.1, 0.15) is 44.8 Å². The van der Waals surface area contributed by atoms with Gasteiger partial charge in [0.15, 0.2) is 10.6 Å². The highest BCUT2D eigenvalue weighted by atomic mass is 32.1. The fraction of sp³-hybridized carbons (Fsp3) is 0.353. The van der Waals surface area contributed by atoms with E-state index in [9.17, 15) is 5.11 Å². The van der Waals surface area contributed by atoms with Crippen LogP contribution in [0.5, 0.6) is 0 Å². The van der Waals surface area contributed by atoms with Crippen LogP contribution in [0.2, 0.25) is 0 Å². The smallest absolute Gasteiger partial charge is 0.166 e. The van der Waals surface area contributed by atoms with Gasteiger partial charge in [-0.3, -0.25) is 4.68 Å². The third-order valence-electron chi connectivity index (χ3n) is 3.95. The van der Waals surface area contributed by atoms with Crippen LogP contribution in [0.25, 0.3) is 0 Å². The number of aromatic nitrogens is 6. The topological polar surface area (TPSA) is 103 Å². The van der Waals surface area contributed by atoms with E-state index in [4.69, 9.17) is 4.52 Å². The third kappa shape index (κ3) is 3.82. The molecule has 0 amide bonds. The molecule has 1 atom stereocenters. The molecule has 0 radical (unpaired) electrons. The van der Waals surface area contributed by atoms with Gasteiger partial charge in [-0.15, -0.1) is 21.5 Å². The van der Waals surface area contributed by atoms with E-state index < -0.39 is 5.60 Å². The SMILES string of the molecule is Cc1csc(C(C)(O)c2nnc(Cc3ccn(Cc4cc(C)on4)n3)s2)n1. The monoisotopic (exact) mass is 402 g/mol. The Morgan fingerprint density at radius 1 is 1.22 bits per heavy atom. The molecule has 4 heterocycles. The molecular formula is C17H18N6O2S2. The minimum absolute atomic E-state index is 0.532. The van der Waals surface area contributed by atoms with Crippen molar-refractivity contribution in [2.24, 2.45) is 0 Å². The van der Waals surface area contributed by atoms with E-state index >= 15 is 0 Å². The Labute approximate surface area is 163 Å². The van der Waals surface area contributed by atoms with Gasteiger partial charge in [0, 0.05) is 29.8 Å². The summed E-state index contributed by atoms with van der Waals surface area (Å²) >= 11 is 2.79. The molecule has 0 saturated heterocycles. The third-order valence-corrected chi connectivity index (χ3v) is 6.25. The van der Waals surface area contributed by atoms with Crippen LogP contribution in [-0.4, -0.2) is 35.2 Å². The molecule has 0 aliphatic heterocycles. The first-order valence-corrected chi connectivity index (χ1v) is 10.0. The predicted molar refractivity (Wildman–Crippen MR) is 101 cm³/mol. The van der Waals surface area contributed by atoms with Gasteiger partial charge in [0.2, 0.25) is 0 Å². The summed E-state index contributed by atoms with van der Waals surface area (Å²) in [6, 6.07) is 3.83. The number of rotatable bonds is 6. The molecule has 140 valence electrons. The molecule has 8 nitrogen and oxygen atoms in total. The molecule has 1 unspecified atom stereocenters. The average Bonchev–Trinajstić information content (AvgIpc) is 3.38. The Morgan fingerprint density at radius 2 is 2.07 bits per heavy atom. The van der Waals surface area contributed by atoms with Crippen molar-refractivity contribution in [3.05, 3.63) is 61.6 Å². The molecule has 27 heavy (non-hydrogen) atoms. The summed E-state index contributed by atoms with van der Waals surface area (Å²) in [6.07, 6.45) is 2.45. The van der Waals surface area contributed by atoms with Gasteiger partial charge < -0.3 is 9.63 Å². The molecule has 0 bridgehead atoms. The zero-order chi connectivity index (χ0) is 19.0. The van der Waals surface area contributed by atoms with E-state index in [2.05, 4.69) is 25.4 Å². The van der Waals surface area contributed by atoms with Crippen molar-refractivity contribution in [1.82, 2.24) is 30.1 Å². The number of aliphatic hydroxyl groups is 1. The van der Waals surface area contributed by atoms with Gasteiger partial charge in [-0.05, 0) is 26.8 Å². The molecular weight excluding hydrogens is 384 g/mol. The molecule has 0 saturated carbocycles. The normalized spacial score (nSPS) is 13.8. The fourth-order valence-electron chi connectivity index (χ4n) is 2.59. The van der Waals surface area contributed by atoms with Crippen LogP contribution in [0, 0.1) is 13.8 Å². The summed E-state index contributed by atoms with van der Waals surface area (Å²) in [5.41, 5.74) is 1.35. The average molecular weight is 403 g/mol. The summed E-state index contributed by atoms with van der Waals surface area (Å²) in [5, 5.41) is 31.6. The van der Waals surface area contributed by atoms with Crippen molar-refractivity contribution < 1.29 is 9.63 Å². The number of hydrogen-bond donors (Lipinski definition) is 1. The molecule has 4 aromatic heterocycles. The van der Waals surface area contributed by atoms with Gasteiger partial charge in [-0.2, -0.15) is 5.10 Å². The van der Waals surface area contributed by atoms with E-state index in [1.807, 2.05) is 42.2 Å². The molecule has 0 aromatic carbocycles.